The van der Waals surface area contributed by atoms with E-state index in [1.807, 2.05) is 36.4 Å². The number of hydrogen-bond acceptors (Lipinski definition) is 10. The number of carbonyl (C=O) groups excluding carboxylic acids is 1. The largest absolute Gasteiger partial charge is 0.497 e. The van der Waals surface area contributed by atoms with Crippen LogP contribution in [0.4, 0.5) is 20.4 Å². The minimum Gasteiger partial charge on any atom is -0.497 e. The van der Waals surface area contributed by atoms with Crippen molar-refractivity contribution in [2.24, 2.45) is 10.8 Å². The molecule has 1 unspecified atom stereocenters. The summed E-state index contributed by atoms with van der Waals surface area (Å²) in [5.74, 6) is 1.12. The number of rotatable bonds is 19. The van der Waals surface area contributed by atoms with E-state index in [2.05, 4.69) is 9.46 Å². The third kappa shape index (κ3) is 9.39. The number of ketones is 1. The molecule has 15 heteroatoms. The quantitative estimate of drug-likeness (QED) is 0.0572. The van der Waals surface area contributed by atoms with Crippen LogP contribution in [0.3, 0.4) is 0 Å². The lowest BCUT2D eigenvalue weighted by molar-refractivity contribution is -0.110. The summed E-state index contributed by atoms with van der Waals surface area (Å²) >= 11 is 0. The zero-order valence-electron chi connectivity index (χ0n) is 39.9. The summed E-state index contributed by atoms with van der Waals surface area (Å²) < 4.78 is 104. The molecule has 0 aliphatic carbocycles. The van der Waals surface area contributed by atoms with Crippen molar-refractivity contribution >= 4 is 34.8 Å². The predicted octanol–water partition coefficient (Wildman–Crippen LogP) is 13.1. The van der Waals surface area contributed by atoms with Crippen molar-refractivity contribution < 1.29 is 55.2 Å². The lowest BCUT2D eigenvalue weighted by Gasteiger charge is -2.53. The first-order valence-corrected chi connectivity index (χ1v) is 24.7. The first kappa shape index (κ1) is 51.3. The van der Waals surface area contributed by atoms with Crippen LogP contribution in [0, 0.1) is 10.8 Å². The Balaban J connectivity index is 1.51. The monoisotopic (exact) mass is 969 g/mol. The molecule has 0 N–H and O–H groups in total. The van der Waals surface area contributed by atoms with Crippen molar-refractivity contribution in [1.82, 2.24) is 0 Å². The third-order valence-electron chi connectivity index (χ3n) is 12.6. The molecule has 68 heavy (non-hydrogen) atoms. The molecular weight excluding hydrogens is 912 g/mol. The standard InChI is InChI=1S/C53H58F2NO10PS/c1-50(2,3)53(51(4,5)6,67(58,65-54)66-55)41-25-21-37(22-26-41)35-52(40-19-15-12-16-20-40,49(57)39-17-13-11-14-18-39)36-38-23-29-44(30-24-38)68(59,60)56(45-31-27-42(61-7)33-47(45)63-9)46-32-28-43(62-8)34-48(46)64-10/h11-34H,35-36H2,1-10H3. The topological polar surface area (TPSA) is 127 Å². The van der Waals surface area contributed by atoms with Crippen LogP contribution < -0.4 is 23.3 Å². The molecule has 11 nitrogen and oxygen atoms in total. The fourth-order valence-electron chi connectivity index (χ4n) is 10.0. The van der Waals surface area contributed by atoms with Crippen LogP contribution in [0.2, 0.25) is 0 Å². The average Bonchev–Trinajstić information content (AvgIpc) is 3.34. The molecule has 0 spiro atoms. The van der Waals surface area contributed by atoms with Gasteiger partial charge in [0.25, 0.3) is 10.0 Å². The number of carbonyl (C=O) groups is 1. The Kier molecular flexibility index (Phi) is 15.3. The van der Waals surface area contributed by atoms with Gasteiger partial charge in [0.1, 0.15) is 28.2 Å². The number of anilines is 2. The molecule has 6 rings (SSSR count). The van der Waals surface area contributed by atoms with Gasteiger partial charge in [0.2, 0.25) is 0 Å². The Morgan fingerprint density at radius 2 is 0.985 bits per heavy atom. The Hall–Kier alpha value is -6.05. The maximum atomic E-state index is 15.3. The molecule has 360 valence electrons. The molecule has 0 aliphatic rings. The lowest BCUT2D eigenvalue weighted by Crippen LogP contribution is -2.50. The highest BCUT2D eigenvalue weighted by Gasteiger charge is 2.67. The number of methoxy groups -OCH3 is 4. The smallest absolute Gasteiger partial charge is 0.405 e. The van der Waals surface area contributed by atoms with E-state index in [4.69, 9.17) is 18.9 Å². The van der Waals surface area contributed by atoms with Crippen LogP contribution >= 0.6 is 7.60 Å². The molecule has 0 aliphatic heterocycles. The molecular formula is C53H58F2NO10PS. The summed E-state index contributed by atoms with van der Waals surface area (Å²) in [4.78, 5) is 15.2. The molecule has 0 aromatic heterocycles. The number of halogens is 2. The van der Waals surface area contributed by atoms with Crippen LogP contribution in [0.1, 0.15) is 74.2 Å². The van der Waals surface area contributed by atoms with Crippen molar-refractivity contribution in [1.29, 1.82) is 0 Å². The fraction of sp³-hybridized carbons (Fsp3) is 0.302. The summed E-state index contributed by atoms with van der Waals surface area (Å²) in [5, 5.41) is -1.83. The van der Waals surface area contributed by atoms with E-state index < -0.39 is 39.0 Å². The summed E-state index contributed by atoms with van der Waals surface area (Å²) in [7, 11) is -3.72. The summed E-state index contributed by atoms with van der Waals surface area (Å²) in [6, 6.07) is 41.0. The highest BCUT2D eigenvalue weighted by Crippen LogP contribution is 2.77. The number of ether oxygens (including phenoxy) is 4. The van der Waals surface area contributed by atoms with Crippen molar-refractivity contribution in [3.63, 3.8) is 0 Å². The van der Waals surface area contributed by atoms with Crippen LogP contribution in [-0.4, -0.2) is 42.6 Å². The van der Waals surface area contributed by atoms with E-state index >= 15 is 13.2 Å². The van der Waals surface area contributed by atoms with E-state index in [1.54, 1.807) is 139 Å². The molecule has 0 heterocycles. The van der Waals surface area contributed by atoms with Crippen molar-refractivity contribution in [3.8, 4) is 23.0 Å². The van der Waals surface area contributed by atoms with Gasteiger partial charge >= 0.3 is 7.60 Å². The molecule has 0 saturated carbocycles. The Labute approximate surface area is 398 Å². The second-order valence-corrected chi connectivity index (χ2v) is 22.3. The molecule has 0 saturated heterocycles. The van der Waals surface area contributed by atoms with Gasteiger partial charge < -0.3 is 18.9 Å². The maximum Gasteiger partial charge on any atom is 0.405 e. The van der Waals surface area contributed by atoms with Gasteiger partial charge in [-0.2, -0.15) is 0 Å². The molecule has 0 radical (unpaired) electrons. The van der Waals surface area contributed by atoms with Gasteiger partial charge in [0, 0.05) is 17.7 Å². The fourth-order valence-corrected chi connectivity index (χ4v) is 13.9. The van der Waals surface area contributed by atoms with Gasteiger partial charge in [-0.1, -0.05) is 139 Å². The van der Waals surface area contributed by atoms with Crippen LogP contribution in [-0.2, 0) is 47.5 Å². The van der Waals surface area contributed by atoms with Crippen molar-refractivity contribution in [2.45, 2.75) is 69.9 Å². The van der Waals surface area contributed by atoms with Crippen molar-refractivity contribution in [3.05, 3.63) is 173 Å². The van der Waals surface area contributed by atoms with Crippen LogP contribution in [0.25, 0.3) is 0 Å². The van der Waals surface area contributed by atoms with Gasteiger partial charge in [-0.15, -0.1) is 9.46 Å². The van der Waals surface area contributed by atoms with E-state index in [9.17, 15) is 13.6 Å². The summed E-state index contributed by atoms with van der Waals surface area (Å²) in [6.07, 6.45) is 0.242. The first-order chi connectivity index (χ1) is 32.2. The number of sulfonamides is 1. The summed E-state index contributed by atoms with van der Waals surface area (Å²) in [6.45, 7) is 10.3. The molecule has 0 amide bonds. The van der Waals surface area contributed by atoms with E-state index in [0.717, 1.165) is 4.31 Å². The van der Waals surface area contributed by atoms with Crippen LogP contribution in [0.15, 0.2) is 150 Å². The minimum absolute atomic E-state index is 0.0692. The average molecular weight is 970 g/mol. The Bertz CT molecular complexity index is 2770. The molecule has 0 fully saturated rings. The zero-order chi connectivity index (χ0) is 49.7. The van der Waals surface area contributed by atoms with Gasteiger partial charge in [0.05, 0.1) is 50.1 Å². The second-order valence-electron chi connectivity index (χ2n) is 18.5. The molecule has 6 aromatic carbocycles. The number of benzene rings is 6. The lowest BCUT2D eigenvalue weighted by atomic mass is 9.62. The van der Waals surface area contributed by atoms with Gasteiger partial charge in [-0.25, -0.2) is 12.7 Å². The number of nitrogens with zero attached hydrogens (tertiary/aromatic N) is 1. The molecule has 0 bridgehead atoms. The predicted molar refractivity (Wildman–Crippen MR) is 260 cm³/mol. The van der Waals surface area contributed by atoms with Crippen molar-refractivity contribution in [2.75, 3.05) is 32.7 Å². The second kappa shape index (κ2) is 20.3. The Morgan fingerprint density at radius 1 is 0.559 bits per heavy atom. The first-order valence-electron chi connectivity index (χ1n) is 21.8. The normalized spacial score (nSPS) is 13.3. The minimum atomic E-state index is -5.12. The van der Waals surface area contributed by atoms with Gasteiger partial charge in [-0.05, 0) is 91.4 Å². The number of hydrogen-bond donors (Lipinski definition) is 0. The SMILES string of the molecule is COc1ccc(N(c2ccc(OC)cc2OC)S(=O)(=O)c2ccc(CC(Cc3ccc(C(C(C)(C)C)(C(C)(C)C)P(=O)(OF)OF)cc3)(C(=O)c3ccccc3)c3ccccc3)cc2)c(OC)c1. The van der Waals surface area contributed by atoms with Gasteiger partial charge in [0.15, 0.2) is 5.78 Å². The third-order valence-corrected chi connectivity index (χ3v) is 17.1. The molecule has 6 aromatic rings. The van der Waals surface area contributed by atoms with E-state index in [0.29, 0.717) is 39.3 Å². The summed E-state index contributed by atoms with van der Waals surface area (Å²) in [5.41, 5.74) is -0.309. The highest BCUT2D eigenvalue weighted by molar-refractivity contribution is 7.93. The maximum absolute atomic E-state index is 15.3. The van der Waals surface area contributed by atoms with E-state index in [-0.39, 0.29) is 46.4 Å². The highest BCUT2D eigenvalue weighted by atomic mass is 32.2. The molecule has 1 atom stereocenters. The number of Topliss-reactive ketones (excluding diaryl/α,β-unsaturated/α-hetero) is 1. The van der Waals surface area contributed by atoms with Gasteiger partial charge in [-0.3, -0.25) is 9.36 Å². The Morgan fingerprint density at radius 3 is 1.38 bits per heavy atom. The zero-order valence-corrected chi connectivity index (χ0v) is 41.6. The van der Waals surface area contributed by atoms with E-state index in [1.165, 1.54) is 40.6 Å². The van der Waals surface area contributed by atoms with Crippen LogP contribution in [0.5, 0.6) is 23.0 Å².